The minimum absolute atomic E-state index is 0.321. The summed E-state index contributed by atoms with van der Waals surface area (Å²) in [6.45, 7) is 5.42. The molecule has 0 spiro atoms. The van der Waals surface area contributed by atoms with Crippen LogP contribution in [0.15, 0.2) is 6.20 Å². The fourth-order valence-corrected chi connectivity index (χ4v) is 1.88. The second-order valence-corrected chi connectivity index (χ2v) is 4.65. The molecule has 1 heterocycles. The molecule has 0 bridgehead atoms. The average Bonchev–Trinajstić information content (AvgIpc) is 2.77. The summed E-state index contributed by atoms with van der Waals surface area (Å²) in [6.07, 6.45) is 4.51. The van der Waals surface area contributed by atoms with E-state index >= 15 is 0 Å². The first-order valence-corrected chi connectivity index (χ1v) is 5.38. The van der Waals surface area contributed by atoms with Gasteiger partial charge in [-0.2, -0.15) is 0 Å². The van der Waals surface area contributed by atoms with E-state index in [1.54, 1.807) is 0 Å². The van der Waals surface area contributed by atoms with E-state index in [0.29, 0.717) is 11.3 Å². The van der Waals surface area contributed by atoms with Gasteiger partial charge in [0, 0.05) is 23.9 Å². The number of nitrogens with zero attached hydrogens (tertiary/aromatic N) is 1. The Bertz CT molecular complexity index is 310. The van der Waals surface area contributed by atoms with Crippen LogP contribution in [0.1, 0.15) is 44.1 Å². The van der Waals surface area contributed by atoms with Gasteiger partial charge in [-0.15, -0.1) is 0 Å². The van der Waals surface area contributed by atoms with Gasteiger partial charge < -0.3 is 10.3 Å². The molecule has 1 aromatic heterocycles. The number of aromatic amines is 1. The number of imidazole rings is 1. The maximum Gasteiger partial charge on any atom is 0.113 e. The summed E-state index contributed by atoms with van der Waals surface area (Å²) in [6, 6.07) is 0. The molecule has 1 fully saturated rings. The van der Waals surface area contributed by atoms with Crippen molar-refractivity contribution in [2.45, 2.75) is 38.0 Å². The number of hydrogen-bond acceptors (Lipinski definition) is 2. The van der Waals surface area contributed by atoms with Crippen LogP contribution in [0.3, 0.4) is 0 Å². The van der Waals surface area contributed by atoms with E-state index in [1.807, 2.05) is 13.2 Å². The minimum Gasteiger partial charge on any atom is -0.345 e. The van der Waals surface area contributed by atoms with Crippen LogP contribution in [0, 0.1) is 0 Å². The van der Waals surface area contributed by atoms with E-state index in [1.165, 1.54) is 24.4 Å². The van der Waals surface area contributed by atoms with Gasteiger partial charge in [-0.1, -0.05) is 13.8 Å². The van der Waals surface area contributed by atoms with Crippen LogP contribution in [0.4, 0.5) is 0 Å². The van der Waals surface area contributed by atoms with Gasteiger partial charge in [0.05, 0.1) is 0 Å². The fraction of sp³-hybridized carbons (Fsp3) is 0.727. The lowest BCUT2D eigenvalue weighted by molar-refractivity contribution is 0.592. The van der Waals surface area contributed by atoms with Gasteiger partial charge in [0.25, 0.3) is 0 Å². The molecule has 3 heteroatoms. The fourth-order valence-electron chi connectivity index (χ4n) is 1.88. The molecule has 0 saturated heterocycles. The molecule has 0 aliphatic heterocycles. The molecular formula is C11H19N3. The highest BCUT2D eigenvalue weighted by atomic mass is 15.0. The molecule has 0 aromatic carbocycles. The Morgan fingerprint density at radius 1 is 1.57 bits per heavy atom. The molecule has 0 radical (unpaired) electrons. The number of hydrogen-bond donors (Lipinski definition) is 2. The highest BCUT2D eigenvalue weighted by Gasteiger charge is 2.46. The molecule has 2 N–H and O–H groups in total. The van der Waals surface area contributed by atoms with Gasteiger partial charge in [-0.05, 0) is 25.8 Å². The third kappa shape index (κ3) is 1.57. The van der Waals surface area contributed by atoms with Crippen molar-refractivity contribution in [1.82, 2.24) is 15.3 Å². The molecule has 14 heavy (non-hydrogen) atoms. The zero-order valence-electron chi connectivity index (χ0n) is 9.22. The van der Waals surface area contributed by atoms with Crippen LogP contribution in [-0.2, 0) is 5.41 Å². The van der Waals surface area contributed by atoms with E-state index in [-0.39, 0.29) is 0 Å². The summed E-state index contributed by atoms with van der Waals surface area (Å²) < 4.78 is 0. The van der Waals surface area contributed by atoms with Crippen molar-refractivity contribution in [3.8, 4) is 0 Å². The molecule has 3 nitrogen and oxygen atoms in total. The first-order chi connectivity index (χ1) is 6.68. The van der Waals surface area contributed by atoms with Crippen molar-refractivity contribution in [3.63, 3.8) is 0 Å². The molecule has 1 aliphatic rings. The quantitative estimate of drug-likeness (QED) is 0.765. The molecule has 1 aliphatic carbocycles. The smallest absolute Gasteiger partial charge is 0.113 e. The standard InChI is InChI=1S/C11H19N3/c1-8(2)9-6-13-10(14-9)11(4-5-11)7-12-3/h6,8,12H,4-5,7H2,1-3H3,(H,13,14). The Hall–Kier alpha value is -0.830. The average molecular weight is 193 g/mol. The van der Waals surface area contributed by atoms with Gasteiger partial charge in [0.1, 0.15) is 5.82 Å². The van der Waals surface area contributed by atoms with Crippen molar-refractivity contribution in [2.75, 3.05) is 13.6 Å². The summed E-state index contributed by atoms with van der Waals surface area (Å²) in [4.78, 5) is 7.94. The number of likely N-dealkylation sites (N-methyl/N-ethyl adjacent to an activating group) is 1. The molecule has 2 rings (SSSR count). The Morgan fingerprint density at radius 3 is 2.71 bits per heavy atom. The molecule has 1 saturated carbocycles. The zero-order chi connectivity index (χ0) is 10.2. The summed E-state index contributed by atoms with van der Waals surface area (Å²) >= 11 is 0. The van der Waals surface area contributed by atoms with Gasteiger partial charge >= 0.3 is 0 Å². The summed E-state index contributed by atoms with van der Waals surface area (Å²) in [5.74, 6) is 1.72. The largest absolute Gasteiger partial charge is 0.345 e. The van der Waals surface area contributed by atoms with Crippen LogP contribution in [0.25, 0.3) is 0 Å². The van der Waals surface area contributed by atoms with Crippen LogP contribution in [0.2, 0.25) is 0 Å². The molecule has 1 aromatic rings. The Morgan fingerprint density at radius 2 is 2.29 bits per heavy atom. The SMILES string of the molecule is CNCC1(c2ncc(C(C)C)[nH]2)CC1. The number of rotatable bonds is 4. The monoisotopic (exact) mass is 193 g/mol. The first-order valence-electron chi connectivity index (χ1n) is 5.38. The highest BCUT2D eigenvalue weighted by molar-refractivity contribution is 5.22. The lowest BCUT2D eigenvalue weighted by Crippen LogP contribution is -2.24. The van der Waals surface area contributed by atoms with Crippen LogP contribution >= 0.6 is 0 Å². The molecular weight excluding hydrogens is 174 g/mol. The summed E-state index contributed by atoms with van der Waals surface area (Å²) in [5, 5.41) is 3.25. The van der Waals surface area contributed by atoms with Crippen molar-refractivity contribution >= 4 is 0 Å². The van der Waals surface area contributed by atoms with Crippen molar-refractivity contribution in [2.24, 2.45) is 0 Å². The van der Waals surface area contributed by atoms with E-state index in [9.17, 15) is 0 Å². The predicted molar refractivity (Wildman–Crippen MR) is 57.5 cm³/mol. The number of H-pyrrole nitrogens is 1. The van der Waals surface area contributed by atoms with Gasteiger partial charge in [0.2, 0.25) is 0 Å². The highest BCUT2D eigenvalue weighted by Crippen LogP contribution is 2.46. The Kier molecular flexibility index (Phi) is 2.35. The summed E-state index contributed by atoms with van der Waals surface area (Å²) in [7, 11) is 2.01. The second-order valence-electron chi connectivity index (χ2n) is 4.65. The third-order valence-electron chi connectivity index (χ3n) is 3.09. The topological polar surface area (TPSA) is 40.7 Å². The van der Waals surface area contributed by atoms with Crippen molar-refractivity contribution in [3.05, 3.63) is 17.7 Å². The molecule has 0 atom stereocenters. The van der Waals surface area contributed by atoms with Gasteiger partial charge in [0.15, 0.2) is 0 Å². The van der Waals surface area contributed by atoms with Gasteiger partial charge in [-0.3, -0.25) is 0 Å². The molecule has 78 valence electrons. The van der Waals surface area contributed by atoms with Gasteiger partial charge in [-0.25, -0.2) is 4.98 Å². The Labute approximate surface area is 85.3 Å². The second kappa shape index (κ2) is 3.39. The third-order valence-corrected chi connectivity index (χ3v) is 3.09. The predicted octanol–water partition coefficient (Wildman–Crippen LogP) is 1.78. The maximum absolute atomic E-state index is 4.49. The molecule has 0 amide bonds. The normalized spacial score (nSPS) is 18.9. The van der Waals surface area contributed by atoms with E-state index in [2.05, 4.69) is 29.1 Å². The summed E-state index contributed by atoms with van der Waals surface area (Å²) in [5.41, 5.74) is 1.57. The van der Waals surface area contributed by atoms with E-state index in [0.717, 1.165) is 6.54 Å². The minimum atomic E-state index is 0.321. The molecule has 0 unspecified atom stereocenters. The maximum atomic E-state index is 4.49. The van der Waals surface area contributed by atoms with Crippen LogP contribution in [-0.4, -0.2) is 23.6 Å². The lowest BCUT2D eigenvalue weighted by Gasteiger charge is -2.11. The lowest BCUT2D eigenvalue weighted by atomic mass is 10.1. The number of aromatic nitrogens is 2. The van der Waals surface area contributed by atoms with E-state index < -0.39 is 0 Å². The Balaban J connectivity index is 2.16. The van der Waals surface area contributed by atoms with Crippen molar-refractivity contribution < 1.29 is 0 Å². The van der Waals surface area contributed by atoms with Crippen molar-refractivity contribution in [1.29, 1.82) is 0 Å². The van der Waals surface area contributed by atoms with Crippen LogP contribution in [0.5, 0.6) is 0 Å². The first kappa shape index (κ1) is 9.71. The number of nitrogens with one attached hydrogen (secondary N) is 2. The van der Waals surface area contributed by atoms with E-state index in [4.69, 9.17) is 0 Å². The van der Waals surface area contributed by atoms with Crippen LogP contribution < -0.4 is 5.32 Å². The zero-order valence-corrected chi connectivity index (χ0v) is 9.22.